The molecule has 0 spiro atoms. The molecule has 1 aromatic carbocycles. The summed E-state index contributed by atoms with van der Waals surface area (Å²) >= 11 is 1.59. The smallest absolute Gasteiger partial charge is 0.220 e. The second kappa shape index (κ2) is 6.35. The van der Waals surface area contributed by atoms with Crippen LogP contribution in [0.4, 0.5) is 4.39 Å². The van der Waals surface area contributed by atoms with E-state index in [4.69, 9.17) is 0 Å². The standard InChI is InChI=1S/C16H17FN2OS/c17-13-6-1-11(2-7-13)3-8-14(20)19-15(12-4-5-12)16-18-9-10-21-16/h1-2,6-7,9-10,12,15H,3-5,8H2,(H,19,20). The highest BCUT2D eigenvalue weighted by Crippen LogP contribution is 2.41. The van der Waals surface area contributed by atoms with Gasteiger partial charge in [-0.2, -0.15) is 0 Å². The zero-order valence-electron chi connectivity index (χ0n) is 11.6. The third kappa shape index (κ3) is 3.88. The van der Waals surface area contributed by atoms with Gasteiger partial charge in [-0.1, -0.05) is 12.1 Å². The summed E-state index contributed by atoms with van der Waals surface area (Å²) in [7, 11) is 0. The molecule has 3 nitrogen and oxygen atoms in total. The number of hydrogen-bond donors (Lipinski definition) is 1. The van der Waals surface area contributed by atoms with Gasteiger partial charge < -0.3 is 5.32 Å². The highest BCUT2D eigenvalue weighted by molar-refractivity contribution is 7.09. The van der Waals surface area contributed by atoms with Crippen molar-refractivity contribution in [2.24, 2.45) is 5.92 Å². The summed E-state index contributed by atoms with van der Waals surface area (Å²) in [5, 5.41) is 6.03. The Kier molecular flexibility index (Phi) is 4.29. The van der Waals surface area contributed by atoms with Crippen LogP contribution >= 0.6 is 11.3 Å². The first-order valence-corrected chi connectivity index (χ1v) is 8.03. The van der Waals surface area contributed by atoms with Gasteiger partial charge in [0.15, 0.2) is 0 Å². The summed E-state index contributed by atoms with van der Waals surface area (Å²) < 4.78 is 12.8. The van der Waals surface area contributed by atoms with Crippen LogP contribution in [-0.2, 0) is 11.2 Å². The molecule has 110 valence electrons. The number of nitrogens with zero attached hydrogens (tertiary/aromatic N) is 1. The highest BCUT2D eigenvalue weighted by atomic mass is 32.1. The second-order valence-corrected chi connectivity index (χ2v) is 6.31. The minimum absolute atomic E-state index is 0.0337. The second-order valence-electron chi connectivity index (χ2n) is 5.38. The molecule has 1 saturated carbocycles. The minimum Gasteiger partial charge on any atom is -0.347 e. The molecule has 1 unspecified atom stereocenters. The molecule has 1 aromatic heterocycles. The predicted molar refractivity (Wildman–Crippen MR) is 80.4 cm³/mol. The van der Waals surface area contributed by atoms with Crippen LogP contribution in [-0.4, -0.2) is 10.9 Å². The Hall–Kier alpha value is -1.75. The van der Waals surface area contributed by atoms with Gasteiger partial charge in [-0.15, -0.1) is 11.3 Å². The zero-order chi connectivity index (χ0) is 14.7. The Morgan fingerprint density at radius 3 is 2.76 bits per heavy atom. The minimum atomic E-state index is -0.249. The maximum absolute atomic E-state index is 12.8. The molecule has 1 atom stereocenters. The molecule has 1 heterocycles. The number of thiazole rings is 1. The fourth-order valence-corrected chi connectivity index (χ4v) is 3.13. The fourth-order valence-electron chi connectivity index (χ4n) is 2.35. The number of rotatable bonds is 6. The number of carbonyl (C=O) groups excluding carboxylic acids is 1. The summed E-state index contributed by atoms with van der Waals surface area (Å²) in [6.07, 6.45) is 5.13. The van der Waals surface area contributed by atoms with Crippen molar-refractivity contribution in [2.45, 2.75) is 31.7 Å². The normalized spacial score (nSPS) is 15.7. The molecule has 1 amide bonds. The van der Waals surface area contributed by atoms with Gasteiger partial charge in [0.1, 0.15) is 10.8 Å². The van der Waals surface area contributed by atoms with Crippen LogP contribution in [0.3, 0.4) is 0 Å². The van der Waals surface area contributed by atoms with Crippen molar-refractivity contribution < 1.29 is 9.18 Å². The van der Waals surface area contributed by atoms with E-state index in [1.54, 1.807) is 29.7 Å². The van der Waals surface area contributed by atoms with Crippen LogP contribution in [0, 0.1) is 11.7 Å². The molecule has 3 rings (SSSR count). The average Bonchev–Trinajstić information content (AvgIpc) is 3.18. The van der Waals surface area contributed by atoms with Crippen molar-refractivity contribution in [3.8, 4) is 0 Å². The van der Waals surface area contributed by atoms with E-state index in [0.717, 1.165) is 23.4 Å². The maximum Gasteiger partial charge on any atom is 0.220 e. The molecule has 0 bridgehead atoms. The van der Waals surface area contributed by atoms with Crippen molar-refractivity contribution >= 4 is 17.2 Å². The van der Waals surface area contributed by atoms with Gasteiger partial charge in [0.05, 0.1) is 6.04 Å². The number of aryl methyl sites for hydroxylation is 1. The van der Waals surface area contributed by atoms with Crippen LogP contribution in [0.25, 0.3) is 0 Å². The molecule has 1 fully saturated rings. The third-order valence-corrected chi connectivity index (χ3v) is 4.54. The predicted octanol–water partition coefficient (Wildman–Crippen LogP) is 3.48. The van der Waals surface area contributed by atoms with Crippen molar-refractivity contribution in [3.63, 3.8) is 0 Å². The van der Waals surface area contributed by atoms with E-state index in [1.165, 1.54) is 12.1 Å². The maximum atomic E-state index is 12.8. The number of halogens is 1. The van der Waals surface area contributed by atoms with Crippen molar-refractivity contribution in [3.05, 3.63) is 52.2 Å². The number of carbonyl (C=O) groups is 1. The van der Waals surface area contributed by atoms with Crippen LogP contribution in [0.2, 0.25) is 0 Å². The molecule has 21 heavy (non-hydrogen) atoms. The Labute approximate surface area is 127 Å². The van der Waals surface area contributed by atoms with Gasteiger partial charge >= 0.3 is 0 Å². The first kappa shape index (κ1) is 14.2. The summed E-state index contributed by atoms with van der Waals surface area (Å²) in [5.41, 5.74) is 0.976. The van der Waals surface area contributed by atoms with Crippen LogP contribution in [0.5, 0.6) is 0 Å². The molecular formula is C16H17FN2OS. The van der Waals surface area contributed by atoms with Gasteiger partial charge in [-0.3, -0.25) is 4.79 Å². The SMILES string of the molecule is O=C(CCc1ccc(F)cc1)NC(c1nccs1)C1CC1. The number of benzene rings is 1. The molecule has 2 aromatic rings. The van der Waals surface area contributed by atoms with Gasteiger partial charge in [0.2, 0.25) is 5.91 Å². The number of aromatic nitrogens is 1. The van der Waals surface area contributed by atoms with Crippen molar-refractivity contribution in [2.75, 3.05) is 0 Å². The monoisotopic (exact) mass is 304 g/mol. The molecule has 1 aliphatic carbocycles. The van der Waals surface area contributed by atoms with Crippen LogP contribution < -0.4 is 5.32 Å². The summed E-state index contributed by atoms with van der Waals surface area (Å²) in [4.78, 5) is 16.4. The lowest BCUT2D eigenvalue weighted by Gasteiger charge is -2.15. The van der Waals surface area contributed by atoms with Gasteiger partial charge in [0.25, 0.3) is 0 Å². The number of hydrogen-bond acceptors (Lipinski definition) is 3. The first-order chi connectivity index (χ1) is 10.2. The van der Waals surface area contributed by atoms with E-state index in [9.17, 15) is 9.18 Å². The van der Waals surface area contributed by atoms with Crippen LogP contribution in [0.1, 0.15) is 35.9 Å². The summed E-state index contributed by atoms with van der Waals surface area (Å²) in [5.74, 6) is 0.318. The lowest BCUT2D eigenvalue weighted by Crippen LogP contribution is -2.29. The van der Waals surface area contributed by atoms with E-state index in [2.05, 4.69) is 10.3 Å². The number of nitrogens with one attached hydrogen (secondary N) is 1. The summed E-state index contributed by atoms with van der Waals surface area (Å²) in [6.45, 7) is 0. The first-order valence-electron chi connectivity index (χ1n) is 7.15. The van der Waals surface area contributed by atoms with E-state index in [0.29, 0.717) is 18.8 Å². The Morgan fingerprint density at radius 1 is 1.38 bits per heavy atom. The lowest BCUT2D eigenvalue weighted by atomic mass is 10.1. The molecule has 0 saturated heterocycles. The average molecular weight is 304 g/mol. The molecular weight excluding hydrogens is 287 g/mol. The Bertz CT molecular complexity index is 593. The molecule has 0 radical (unpaired) electrons. The highest BCUT2D eigenvalue weighted by Gasteiger charge is 2.34. The summed E-state index contributed by atoms with van der Waals surface area (Å²) in [6, 6.07) is 6.36. The van der Waals surface area contributed by atoms with E-state index < -0.39 is 0 Å². The van der Waals surface area contributed by atoms with Crippen LogP contribution in [0.15, 0.2) is 35.8 Å². The van der Waals surface area contributed by atoms with Gasteiger partial charge in [-0.25, -0.2) is 9.37 Å². The van der Waals surface area contributed by atoms with Crippen molar-refractivity contribution in [1.29, 1.82) is 0 Å². The lowest BCUT2D eigenvalue weighted by molar-refractivity contribution is -0.122. The quantitative estimate of drug-likeness (QED) is 0.887. The fraction of sp³-hybridized carbons (Fsp3) is 0.375. The Morgan fingerprint density at radius 2 is 2.14 bits per heavy atom. The molecule has 5 heteroatoms. The largest absolute Gasteiger partial charge is 0.347 e. The van der Waals surface area contributed by atoms with E-state index >= 15 is 0 Å². The number of amides is 1. The third-order valence-electron chi connectivity index (χ3n) is 3.68. The van der Waals surface area contributed by atoms with Gasteiger partial charge in [0, 0.05) is 18.0 Å². The van der Waals surface area contributed by atoms with Gasteiger partial charge in [-0.05, 0) is 42.9 Å². The van der Waals surface area contributed by atoms with Crippen molar-refractivity contribution in [1.82, 2.24) is 10.3 Å². The zero-order valence-corrected chi connectivity index (χ0v) is 12.4. The molecule has 0 aliphatic heterocycles. The van der Waals surface area contributed by atoms with E-state index in [1.807, 2.05) is 5.38 Å². The van der Waals surface area contributed by atoms with E-state index in [-0.39, 0.29) is 17.8 Å². The Balaban J connectivity index is 1.54. The topological polar surface area (TPSA) is 42.0 Å². The molecule has 1 aliphatic rings. The molecule has 1 N–H and O–H groups in total.